The van der Waals surface area contributed by atoms with Crippen LogP contribution in [0.25, 0.3) is 0 Å². The van der Waals surface area contributed by atoms with Crippen LogP contribution >= 0.6 is 0 Å². The lowest BCUT2D eigenvalue weighted by atomic mass is 10.0. The van der Waals surface area contributed by atoms with Gasteiger partial charge in [-0.2, -0.15) is 0 Å². The van der Waals surface area contributed by atoms with Gasteiger partial charge in [0.15, 0.2) is 11.5 Å². The average molecular weight is 396 g/mol. The van der Waals surface area contributed by atoms with Crippen molar-refractivity contribution in [3.05, 3.63) is 57.0 Å². The van der Waals surface area contributed by atoms with Gasteiger partial charge in [-0.1, -0.05) is 25.8 Å². The van der Waals surface area contributed by atoms with Crippen molar-refractivity contribution >= 4 is 5.91 Å². The molecule has 1 aromatic carbocycles. The number of aryl methyl sites for hydroxylation is 2. The molecule has 0 fully saturated rings. The smallest absolute Gasteiger partial charge is 0.261 e. The Labute approximate surface area is 170 Å². The molecule has 1 aliphatic heterocycles. The normalized spacial score (nSPS) is 16.4. The van der Waals surface area contributed by atoms with Gasteiger partial charge >= 0.3 is 0 Å². The number of hydrogen-bond acceptors (Lipinski definition) is 4. The van der Waals surface area contributed by atoms with E-state index >= 15 is 0 Å². The van der Waals surface area contributed by atoms with Crippen LogP contribution < -0.4 is 20.3 Å². The molecule has 4 rings (SSSR count). The van der Waals surface area contributed by atoms with Crippen molar-refractivity contribution in [3.63, 3.8) is 0 Å². The molecule has 0 saturated heterocycles. The average Bonchev–Trinajstić information content (AvgIpc) is 2.97. The minimum atomic E-state index is -0.327. The molecule has 2 N–H and O–H groups in total. The van der Waals surface area contributed by atoms with E-state index in [9.17, 15) is 9.59 Å². The summed E-state index contributed by atoms with van der Waals surface area (Å²) in [5.41, 5.74) is 2.93. The fourth-order valence-electron chi connectivity index (χ4n) is 4.14. The van der Waals surface area contributed by atoms with Crippen molar-refractivity contribution < 1.29 is 14.3 Å². The molecule has 1 amide bonds. The Kier molecular flexibility index (Phi) is 5.88. The number of pyridine rings is 1. The molecule has 6 nitrogen and oxygen atoms in total. The molecule has 0 radical (unpaired) electrons. The second-order valence-corrected chi connectivity index (χ2v) is 7.79. The number of H-pyrrole nitrogens is 1. The van der Waals surface area contributed by atoms with E-state index < -0.39 is 0 Å². The second-order valence-electron chi connectivity index (χ2n) is 7.79. The first-order chi connectivity index (χ1) is 14.2. The van der Waals surface area contributed by atoms with Gasteiger partial charge in [-0.3, -0.25) is 9.59 Å². The molecular formula is C23H28N2O4. The standard InChI is InChI=1S/C23H28N2O4/c1-2-6-18(16-9-10-20-21(14-16)29-12-11-28-20)24-22(26)17-13-15-7-4-3-5-8-19(15)25-23(17)27/h9-10,13-14,18H,2-8,11-12H2,1H3,(H,24,26)(H,25,27)/t18-/m1/s1. The van der Waals surface area contributed by atoms with Gasteiger partial charge in [0.25, 0.3) is 11.5 Å². The van der Waals surface area contributed by atoms with Crippen LogP contribution in [0.5, 0.6) is 11.5 Å². The van der Waals surface area contributed by atoms with Gasteiger partial charge in [0.05, 0.1) is 6.04 Å². The molecule has 6 heteroatoms. The predicted molar refractivity (Wildman–Crippen MR) is 111 cm³/mol. The minimum Gasteiger partial charge on any atom is -0.486 e. The highest BCUT2D eigenvalue weighted by Crippen LogP contribution is 2.33. The molecule has 154 valence electrons. The zero-order valence-electron chi connectivity index (χ0n) is 16.9. The van der Waals surface area contributed by atoms with E-state index in [2.05, 4.69) is 17.2 Å². The summed E-state index contributed by atoms with van der Waals surface area (Å²) in [5.74, 6) is 1.10. The van der Waals surface area contributed by atoms with E-state index in [0.717, 1.165) is 67.5 Å². The van der Waals surface area contributed by atoms with Gasteiger partial charge < -0.3 is 19.8 Å². The number of ether oxygens (including phenoxy) is 2. The van der Waals surface area contributed by atoms with Crippen molar-refractivity contribution in [2.45, 2.75) is 57.9 Å². The summed E-state index contributed by atoms with van der Waals surface area (Å²) in [7, 11) is 0. The SMILES string of the molecule is CCC[C@@H](NC(=O)c1cc2c([nH]c1=O)CCCCC2)c1ccc2c(c1)OCCO2. The Balaban J connectivity index is 1.58. The van der Waals surface area contributed by atoms with Crippen LogP contribution in [-0.4, -0.2) is 24.1 Å². The predicted octanol–water partition coefficient (Wildman–Crippen LogP) is 3.69. The van der Waals surface area contributed by atoms with Gasteiger partial charge in [-0.05, 0) is 61.4 Å². The lowest BCUT2D eigenvalue weighted by molar-refractivity contribution is 0.0932. The van der Waals surface area contributed by atoms with Crippen molar-refractivity contribution in [1.29, 1.82) is 0 Å². The Hall–Kier alpha value is -2.76. The largest absolute Gasteiger partial charge is 0.486 e. The number of nitrogens with one attached hydrogen (secondary N) is 2. The molecule has 2 heterocycles. The first kappa shape index (κ1) is 19.6. The summed E-state index contributed by atoms with van der Waals surface area (Å²) in [5, 5.41) is 3.07. The molecule has 2 aromatic rings. The van der Waals surface area contributed by atoms with E-state index in [1.54, 1.807) is 6.07 Å². The maximum absolute atomic E-state index is 13.0. The summed E-state index contributed by atoms with van der Waals surface area (Å²) in [6, 6.07) is 7.36. The summed E-state index contributed by atoms with van der Waals surface area (Å²) >= 11 is 0. The van der Waals surface area contributed by atoms with Crippen LogP contribution in [0, 0.1) is 0 Å². The quantitative estimate of drug-likeness (QED) is 0.756. The Bertz CT molecular complexity index is 950. The van der Waals surface area contributed by atoms with Gasteiger partial charge in [0.2, 0.25) is 0 Å². The summed E-state index contributed by atoms with van der Waals surface area (Å²) < 4.78 is 11.3. The number of benzene rings is 1. The second kappa shape index (κ2) is 8.72. The number of amides is 1. The highest BCUT2D eigenvalue weighted by atomic mass is 16.6. The molecule has 2 aliphatic rings. The maximum Gasteiger partial charge on any atom is 0.261 e. The number of hydrogen-bond donors (Lipinski definition) is 2. The zero-order valence-corrected chi connectivity index (χ0v) is 16.9. The van der Waals surface area contributed by atoms with E-state index in [-0.39, 0.29) is 23.1 Å². The fraction of sp³-hybridized carbons (Fsp3) is 0.478. The molecule has 1 aliphatic carbocycles. The molecule has 0 bridgehead atoms. The number of fused-ring (bicyclic) bond motifs is 2. The minimum absolute atomic E-state index is 0.193. The first-order valence-corrected chi connectivity index (χ1v) is 10.6. The fourth-order valence-corrected chi connectivity index (χ4v) is 4.14. The number of carbonyl (C=O) groups is 1. The molecule has 0 saturated carbocycles. The Morgan fingerprint density at radius 3 is 2.72 bits per heavy atom. The first-order valence-electron chi connectivity index (χ1n) is 10.6. The van der Waals surface area contributed by atoms with Crippen LogP contribution in [0.2, 0.25) is 0 Å². The van der Waals surface area contributed by atoms with Crippen molar-refractivity contribution in [3.8, 4) is 11.5 Å². The van der Waals surface area contributed by atoms with Gasteiger partial charge in [-0.15, -0.1) is 0 Å². The highest BCUT2D eigenvalue weighted by molar-refractivity contribution is 5.94. The van der Waals surface area contributed by atoms with E-state index in [0.29, 0.717) is 19.0 Å². The van der Waals surface area contributed by atoms with Crippen molar-refractivity contribution in [2.24, 2.45) is 0 Å². The van der Waals surface area contributed by atoms with Crippen LogP contribution in [0.15, 0.2) is 29.1 Å². The van der Waals surface area contributed by atoms with Crippen molar-refractivity contribution in [1.82, 2.24) is 10.3 Å². The third-order valence-corrected chi connectivity index (χ3v) is 5.68. The molecule has 1 aromatic heterocycles. The monoisotopic (exact) mass is 396 g/mol. The number of aromatic amines is 1. The third-order valence-electron chi connectivity index (χ3n) is 5.68. The topological polar surface area (TPSA) is 80.4 Å². The molecule has 0 spiro atoms. The van der Waals surface area contributed by atoms with Gasteiger partial charge in [0.1, 0.15) is 18.8 Å². The van der Waals surface area contributed by atoms with Crippen LogP contribution in [0.4, 0.5) is 0 Å². The van der Waals surface area contributed by atoms with E-state index in [4.69, 9.17) is 9.47 Å². The number of rotatable bonds is 5. The molecular weight excluding hydrogens is 368 g/mol. The number of aromatic nitrogens is 1. The summed E-state index contributed by atoms with van der Waals surface area (Å²) in [6.07, 6.45) is 6.79. The summed E-state index contributed by atoms with van der Waals surface area (Å²) in [6.45, 7) is 3.14. The van der Waals surface area contributed by atoms with Crippen LogP contribution in [-0.2, 0) is 12.8 Å². The lowest BCUT2D eigenvalue weighted by Crippen LogP contribution is -2.33. The lowest BCUT2D eigenvalue weighted by Gasteiger charge is -2.23. The Morgan fingerprint density at radius 2 is 1.90 bits per heavy atom. The third kappa shape index (κ3) is 4.31. The molecule has 0 unspecified atom stereocenters. The number of carbonyl (C=O) groups excluding carboxylic acids is 1. The Morgan fingerprint density at radius 1 is 1.10 bits per heavy atom. The zero-order chi connectivity index (χ0) is 20.2. The van der Waals surface area contributed by atoms with Crippen molar-refractivity contribution in [2.75, 3.05) is 13.2 Å². The highest BCUT2D eigenvalue weighted by Gasteiger charge is 2.22. The van der Waals surface area contributed by atoms with Gasteiger partial charge in [0, 0.05) is 5.69 Å². The van der Waals surface area contributed by atoms with E-state index in [1.807, 2.05) is 18.2 Å². The van der Waals surface area contributed by atoms with Crippen LogP contribution in [0.3, 0.4) is 0 Å². The maximum atomic E-state index is 13.0. The molecule has 29 heavy (non-hydrogen) atoms. The van der Waals surface area contributed by atoms with Crippen LogP contribution in [0.1, 0.15) is 72.2 Å². The molecule has 1 atom stereocenters. The van der Waals surface area contributed by atoms with E-state index in [1.165, 1.54) is 0 Å². The van der Waals surface area contributed by atoms with Gasteiger partial charge in [-0.25, -0.2) is 0 Å². The summed E-state index contributed by atoms with van der Waals surface area (Å²) in [4.78, 5) is 28.5.